The Morgan fingerprint density at radius 1 is 1.12 bits per heavy atom. The zero-order chi connectivity index (χ0) is 23.5. The van der Waals surface area contributed by atoms with Gasteiger partial charge in [0, 0.05) is 40.5 Å². The summed E-state index contributed by atoms with van der Waals surface area (Å²) in [6, 6.07) is 6.93. The molecule has 1 aromatic heterocycles. The van der Waals surface area contributed by atoms with Gasteiger partial charge in [-0.3, -0.25) is 4.90 Å². The summed E-state index contributed by atoms with van der Waals surface area (Å²) in [7, 11) is -3.74. The maximum Gasteiger partial charge on any atom is 0.414 e. The lowest BCUT2D eigenvalue weighted by Crippen LogP contribution is -2.50. The number of benzene rings is 2. The van der Waals surface area contributed by atoms with Gasteiger partial charge in [-0.1, -0.05) is 11.6 Å². The third-order valence-electron chi connectivity index (χ3n) is 6.15. The van der Waals surface area contributed by atoms with E-state index in [2.05, 4.69) is 0 Å². The van der Waals surface area contributed by atoms with E-state index < -0.39 is 33.8 Å². The molecule has 5 rings (SSSR count). The molecule has 0 unspecified atom stereocenters. The molecule has 0 saturated carbocycles. The van der Waals surface area contributed by atoms with Crippen LogP contribution in [0.3, 0.4) is 0 Å². The molecule has 11 heteroatoms. The normalized spacial score (nSPS) is 17.9. The first kappa shape index (κ1) is 22.5. The highest BCUT2D eigenvalue weighted by Gasteiger charge is 2.38. The van der Waals surface area contributed by atoms with Gasteiger partial charge >= 0.3 is 6.09 Å². The summed E-state index contributed by atoms with van der Waals surface area (Å²) < 4.78 is 62.0. The standard InChI is InChI=1S/C22H19ClF2N2O4S2/c1-12-16-9-14(23)2-3-20(16)32-21(12)33(29,30)26-6-4-15(5-7-26)27-19-10-18(25)17(24)8-13(19)11-31-22(27)28/h2-3,8-10,15H,4-7,11H2,1H3. The fourth-order valence-corrected chi connectivity index (χ4v) is 7.97. The Morgan fingerprint density at radius 2 is 1.82 bits per heavy atom. The van der Waals surface area contributed by atoms with Crippen molar-refractivity contribution < 1.29 is 26.7 Å². The number of hydrogen-bond donors (Lipinski definition) is 0. The number of piperidine rings is 1. The molecule has 6 nitrogen and oxygen atoms in total. The number of hydrogen-bond acceptors (Lipinski definition) is 5. The number of halogens is 3. The van der Waals surface area contributed by atoms with Crippen LogP contribution >= 0.6 is 22.9 Å². The van der Waals surface area contributed by atoms with Crippen LogP contribution in [0.25, 0.3) is 10.1 Å². The van der Waals surface area contributed by atoms with Crippen LogP contribution in [0.1, 0.15) is 24.0 Å². The number of carbonyl (C=O) groups excluding carboxylic acids is 1. The zero-order valence-electron chi connectivity index (χ0n) is 17.5. The highest BCUT2D eigenvalue weighted by Crippen LogP contribution is 2.39. The van der Waals surface area contributed by atoms with Gasteiger partial charge in [-0.15, -0.1) is 11.3 Å². The van der Waals surface area contributed by atoms with Crippen molar-refractivity contribution >= 4 is 54.8 Å². The van der Waals surface area contributed by atoms with E-state index in [-0.39, 0.29) is 29.6 Å². The Hall–Kier alpha value is -2.27. The number of ether oxygens (including phenoxy) is 1. The first-order valence-corrected chi connectivity index (χ1v) is 12.9. The van der Waals surface area contributed by atoms with Gasteiger partial charge in [-0.05, 0) is 55.0 Å². The molecule has 33 heavy (non-hydrogen) atoms. The van der Waals surface area contributed by atoms with Crippen molar-refractivity contribution in [1.29, 1.82) is 0 Å². The number of thiophene rings is 1. The number of nitrogens with zero attached hydrogens (tertiary/aromatic N) is 2. The molecule has 3 aromatic rings. The van der Waals surface area contributed by atoms with Crippen molar-refractivity contribution in [1.82, 2.24) is 4.31 Å². The van der Waals surface area contributed by atoms with Crippen LogP contribution in [-0.4, -0.2) is 37.9 Å². The van der Waals surface area contributed by atoms with E-state index in [1.165, 1.54) is 20.5 Å². The maximum atomic E-state index is 13.9. The number of rotatable bonds is 3. The van der Waals surface area contributed by atoms with Gasteiger partial charge in [-0.25, -0.2) is 22.0 Å². The quantitative estimate of drug-likeness (QED) is 0.468. The lowest BCUT2D eigenvalue weighted by atomic mass is 10.0. The number of amides is 1. The molecular formula is C22H19ClF2N2O4S2. The fraction of sp³-hybridized carbons (Fsp3) is 0.318. The van der Waals surface area contributed by atoms with E-state index in [1.54, 1.807) is 19.1 Å². The molecule has 2 aliphatic heterocycles. The van der Waals surface area contributed by atoms with Crippen molar-refractivity contribution in [2.24, 2.45) is 0 Å². The van der Waals surface area contributed by atoms with E-state index in [4.69, 9.17) is 16.3 Å². The van der Waals surface area contributed by atoms with Gasteiger partial charge in [0.25, 0.3) is 10.0 Å². The smallest absolute Gasteiger partial charge is 0.414 e. The SMILES string of the molecule is Cc1c(S(=O)(=O)N2CCC(N3C(=O)OCc4cc(F)c(F)cc43)CC2)sc2ccc(Cl)cc12. The predicted molar refractivity (Wildman–Crippen MR) is 122 cm³/mol. The van der Waals surface area contributed by atoms with Crippen molar-refractivity contribution in [2.75, 3.05) is 18.0 Å². The van der Waals surface area contributed by atoms with Crippen molar-refractivity contribution in [3.8, 4) is 0 Å². The lowest BCUT2D eigenvalue weighted by molar-refractivity contribution is 0.135. The lowest BCUT2D eigenvalue weighted by Gasteiger charge is -2.39. The Bertz CT molecular complexity index is 1380. The Morgan fingerprint density at radius 3 is 2.55 bits per heavy atom. The van der Waals surface area contributed by atoms with Gasteiger partial charge in [0.15, 0.2) is 11.6 Å². The molecule has 1 amide bonds. The number of sulfonamides is 1. The molecule has 0 N–H and O–H groups in total. The molecule has 1 saturated heterocycles. The molecule has 174 valence electrons. The van der Waals surface area contributed by atoms with Gasteiger partial charge < -0.3 is 4.74 Å². The summed E-state index contributed by atoms with van der Waals surface area (Å²) in [4.78, 5) is 13.8. The summed E-state index contributed by atoms with van der Waals surface area (Å²) in [5.74, 6) is -2.05. The summed E-state index contributed by atoms with van der Waals surface area (Å²) in [6.45, 7) is 2.00. The van der Waals surface area contributed by atoms with Crippen molar-refractivity contribution in [2.45, 2.75) is 36.6 Å². The number of aryl methyl sites for hydroxylation is 1. The van der Waals surface area contributed by atoms with E-state index in [0.29, 0.717) is 29.0 Å². The molecule has 2 aliphatic rings. The molecule has 0 radical (unpaired) electrons. The molecule has 0 bridgehead atoms. The highest BCUT2D eigenvalue weighted by molar-refractivity contribution is 7.91. The second kappa shape index (κ2) is 8.19. The van der Waals surface area contributed by atoms with Crippen LogP contribution in [0.2, 0.25) is 5.02 Å². The van der Waals surface area contributed by atoms with Crippen LogP contribution in [0.15, 0.2) is 34.5 Å². The number of fused-ring (bicyclic) bond motifs is 2. The first-order valence-electron chi connectivity index (χ1n) is 10.3. The Balaban J connectivity index is 1.39. The largest absolute Gasteiger partial charge is 0.444 e. The minimum absolute atomic E-state index is 0.135. The topological polar surface area (TPSA) is 66.9 Å². The number of anilines is 1. The first-order chi connectivity index (χ1) is 15.7. The molecule has 1 fully saturated rings. The van der Waals surface area contributed by atoms with Gasteiger partial charge in [0.2, 0.25) is 0 Å². The predicted octanol–water partition coefficient (Wildman–Crippen LogP) is 5.45. The summed E-state index contributed by atoms with van der Waals surface area (Å²) >= 11 is 7.28. The van der Waals surface area contributed by atoms with Gasteiger partial charge in [-0.2, -0.15) is 4.31 Å². The third-order valence-corrected chi connectivity index (χ3v) is 10.2. The highest BCUT2D eigenvalue weighted by atomic mass is 35.5. The number of carbonyl (C=O) groups is 1. The average Bonchev–Trinajstić information content (AvgIpc) is 3.12. The maximum absolute atomic E-state index is 13.9. The van der Waals surface area contributed by atoms with E-state index >= 15 is 0 Å². The van der Waals surface area contributed by atoms with Crippen LogP contribution < -0.4 is 4.90 Å². The fourth-order valence-electron chi connectivity index (χ4n) is 4.45. The van der Waals surface area contributed by atoms with Gasteiger partial charge in [0.05, 0.1) is 5.69 Å². The minimum Gasteiger partial charge on any atom is -0.444 e. The van der Waals surface area contributed by atoms with Crippen molar-refractivity contribution in [3.05, 3.63) is 58.1 Å². The molecule has 3 heterocycles. The third kappa shape index (κ3) is 3.78. The van der Waals surface area contributed by atoms with E-state index in [1.807, 2.05) is 6.07 Å². The second-order valence-electron chi connectivity index (χ2n) is 8.11. The van der Waals surface area contributed by atoms with Crippen LogP contribution in [0, 0.1) is 18.6 Å². The monoisotopic (exact) mass is 512 g/mol. The molecule has 0 aliphatic carbocycles. The summed E-state index contributed by atoms with van der Waals surface area (Å²) in [5.41, 5.74) is 1.30. The number of cyclic esters (lactones) is 1. The van der Waals surface area contributed by atoms with Crippen LogP contribution in [0.5, 0.6) is 0 Å². The summed E-state index contributed by atoms with van der Waals surface area (Å²) in [6.07, 6.45) is 0.0254. The van der Waals surface area contributed by atoms with E-state index in [0.717, 1.165) is 22.2 Å². The Kier molecular flexibility index (Phi) is 5.59. The van der Waals surface area contributed by atoms with Crippen LogP contribution in [0.4, 0.5) is 19.3 Å². The molecular weight excluding hydrogens is 494 g/mol. The Labute approximate surface area is 198 Å². The second-order valence-corrected chi connectivity index (χ2v) is 11.7. The van der Waals surface area contributed by atoms with E-state index in [9.17, 15) is 22.0 Å². The van der Waals surface area contributed by atoms with Crippen molar-refractivity contribution in [3.63, 3.8) is 0 Å². The average molecular weight is 513 g/mol. The molecule has 2 aromatic carbocycles. The van der Waals surface area contributed by atoms with Crippen LogP contribution in [-0.2, 0) is 21.4 Å². The summed E-state index contributed by atoms with van der Waals surface area (Å²) in [5, 5.41) is 1.35. The minimum atomic E-state index is -3.74. The molecule has 0 atom stereocenters. The molecule has 0 spiro atoms. The van der Waals surface area contributed by atoms with Gasteiger partial charge in [0.1, 0.15) is 10.8 Å². The zero-order valence-corrected chi connectivity index (χ0v) is 19.9.